The van der Waals surface area contributed by atoms with Crippen LogP contribution in [0.4, 0.5) is 5.69 Å². The van der Waals surface area contributed by atoms with Gasteiger partial charge in [-0.1, -0.05) is 35.3 Å². The van der Waals surface area contributed by atoms with E-state index in [-0.39, 0.29) is 12.5 Å². The molecule has 5 nitrogen and oxygen atoms in total. The number of nitrogens with zero attached hydrogens (tertiary/aromatic N) is 1. The number of benzene rings is 2. The van der Waals surface area contributed by atoms with Crippen molar-refractivity contribution in [3.05, 3.63) is 58.1 Å². The summed E-state index contributed by atoms with van der Waals surface area (Å²) in [6, 6.07) is 12.5. The Morgan fingerprint density at radius 3 is 2.67 bits per heavy atom. The van der Waals surface area contributed by atoms with E-state index in [0.29, 0.717) is 22.2 Å². The molecule has 0 spiro atoms. The lowest BCUT2D eigenvalue weighted by Crippen LogP contribution is -2.25. The molecule has 2 aromatic carbocycles. The molecule has 126 valence electrons. The molecule has 0 saturated heterocycles. The Morgan fingerprint density at radius 1 is 1.21 bits per heavy atom. The van der Waals surface area contributed by atoms with Gasteiger partial charge in [0.15, 0.2) is 0 Å². The van der Waals surface area contributed by atoms with E-state index < -0.39 is 0 Å². The predicted octanol–water partition coefficient (Wildman–Crippen LogP) is 3.95. The highest BCUT2D eigenvalue weighted by Crippen LogP contribution is 2.24. The van der Waals surface area contributed by atoms with Crippen LogP contribution in [0.15, 0.2) is 47.6 Å². The first kappa shape index (κ1) is 18.1. The van der Waals surface area contributed by atoms with Crippen LogP contribution in [0.5, 0.6) is 5.75 Å². The van der Waals surface area contributed by atoms with Crippen LogP contribution in [-0.4, -0.2) is 25.3 Å². The van der Waals surface area contributed by atoms with E-state index in [9.17, 15) is 4.79 Å². The van der Waals surface area contributed by atoms with Crippen LogP contribution in [-0.2, 0) is 4.79 Å². The van der Waals surface area contributed by atoms with Crippen molar-refractivity contribution >= 4 is 41.0 Å². The van der Waals surface area contributed by atoms with Gasteiger partial charge in [-0.15, -0.1) is 0 Å². The molecule has 2 rings (SSSR count). The molecule has 0 aliphatic rings. The molecule has 24 heavy (non-hydrogen) atoms. The third kappa shape index (κ3) is 5.44. The molecule has 0 radical (unpaired) electrons. The summed E-state index contributed by atoms with van der Waals surface area (Å²) in [5.74, 6) is 0.508. The number of anilines is 1. The second-order valence-electron chi connectivity index (χ2n) is 4.75. The number of nitrogens with one attached hydrogen (secondary N) is 2. The van der Waals surface area contributed by atoms with Crippen LogP contribution < -0.4 is 15.5 Å². The zero-order valence-electron chi connectivity index (χ0n) is 13.1. The van der Waals surface area contributed by atoms with E-state index >= 15 is 0 Å². The summed E-state index contributed by atoms with van der Waals surface area (Å²) >= 11 is 11.9. The summed E-state index contributed by atoms with van der Waals surface area (Å²) < 4.78 is 5.35. The number of rotatable bonds is 7. The quantitative estimate of drug-likeness (QED) is 0.576. The summed E-state index contributed by atoms with van der Waals surface area (Å²) in [4.78, 5) is 11.8. The number of hydrogen-bond acceptors (Lipinski definition) is 4. The molecule has 0 aliphatic carbocycles. The molecule has 7 heteroatoms. The molecule has 0 fully saturated rings. The highest BCUT2D eigenvalue weighted by Gasteiger charge is 2.03. The third-order valence-corrected chi connectivity index (χ3v) is 3.83. The first-order valence-electron chi connectivity index (χ1n) is 7.32. The molecule has 0 bridgehead atoms. The maximum Gasteiger partial charge on any atom is 0.259 e. The number of halogens is 2. The lowest BCUT2D eigenvalue weighted by Gasteiger charge is -2.07. The minimum absolute atomic E-state index is 0.0919. The molecule has 1 amide bonds. The number of ether oxygens (including phenoxy) is 1. The van der Waals surface area contributed by atoms with Crippen molar-refractivity contribution in [3.8, 4) is 5.75 Å². The van der Waals surface area contributed by atoms with Gasteiger partial charge in [0.05, 0.1) is 29.4 Å². The Balaban J connectivity index is 1.81. The lowest BCUT2D eigenvalue weighted by molar-refractivity contribution is -0.119. The fourth-order valence-corrected chi connectivity index (χ4v) is 2.21. The average Bonchev–Trinajstić information content (AvgIpc) is 2.58. The van der Waals surface area contributed by atoms with Crippen molar-refractivity contribution in [2.24, 2.45) is 5.10 Å². The van der Waals surface area contributed by atoms with Crippen LogP contribution in [0.2, 0.25) is 10.0 Å². The van der Waals surface area contributed by atoms with Crippen LogP contribution in [0.1, 0.15) is 12.5 Å². The molecule has 0 heterocycles. The Bertz CT molecular complexity index is 718. The van der Waals surface area contributed by atoms with Crippen LogP contribution in [0.3, 0.4) is 0 Å². The molecule has 0 atom stereocenters. The maximum atomic E-state index is 11.8. The third-order valence-electron chi connectivity index (χ3n) is 2.99. The highest BCUT2D eigenvalue weighted by molar-refractivity contribution is 6.43. The van der Waals surface area contributed by atoms with Crippen molar-refractivity contribution < 1.29 is 9.53 Å². The number of carbonyl (C=O) groups excluding carboxylic acids is 1. The molecule has 2 aromatic rings. The van der Waals surface area contributed by atoms with E-state index in [1.54, 1.807) is 18.2 Å². The van der Waals surface area contributed by atoms with E-state index in [2.05, 4.69) is 15.8 Å². The number of carbonyl (C=O) groups is 1. The molecular weight excluding hydrogens is 349 g/mol. The Labute approximate surface area is 150 Å². The smallest absolute Gasteiger partial charge is 0.259 e. The monoisotopic (exact) mass is 365 g/mol. The fraction of sp³-hybridized carbons (Fsp3) is 0.176. The Hall–Kier alpha value is -2.24. The minimum atomic E-state index is -0.279. The van der Waals surface area contributed by atoms with Crippen molar-refractivity contribution in [2.75, 3.05) is 18.5 Å². The topological polar surface area (TPSA) is 62.7 Å². The molecule has 0 aromatic heterocycles. The second kappa shape index (κ2) is 9.15. The summed E-state index contributed by atoms with van der Waals surface area (Å²) in [5, 5.41) is 7.69. The summed E-state index contributed by atoms with van der Waals surface area (Å²) in [6.45, 7) is 2.63. The zero-order chi connectivity index (χ0) is 17.4. The van der Waals surface area contributed by atoms with Crippen LogP contribution in [0, 0.1) is 0 Å². The van der Waals surface area contributed by atoms with Gasteiger partial charge in [-0.05, 0) is 37.3 Å². The standard InChI is InChI=1S/C17H17Cl2N3O2/c1-2-24-14-8-6-13(7-9-14)20-11-16(23)22-21-10-12-4-3-5-15(18)17(12)19/h3-10,20H,2,11H2,1H3,(H,22,23)/b21-10+. The summed E-state index contributed by atoms with van der Waals surface area (Å²) in [7, 11) is 0. The van der Waals surface area contributed by atoms with Gasteiger partial charge >= 0.3 is 0 Å². The molecule has 2 N–H and O–H groups in total. The second-order valence-corrected chi connectivity index (χ2v) is 5.53. The first-order valence-corrected chi connectivity index (χ1v) is 8.08. The van der Waals surface area contributed by atoms with Gasteiger partial charge in [-0.25, -0.2) is 5.43 Å². The van der Waals surface area contributed by atoms with Gasteiger partial charge in [0.2, 0.25) is 0 Å². The van der Waals surface area contributed by atoms with Gasteiger partial charge in [0.25, 0.3) is 5.91 Å². The SMILES string of the molecule is CCOc1ccc(NCC(=O)N/N=C/c2cccc(Cl)c2Cl)cc1. The minimum Gasteiger partial charge on any atom is -0.494 e. The largest absolute Gasteiger partial charge is 0.494 e. The van der Waals surface area contributed by atoms with Crippen molar-refractivity contribution in [1.82, 2.24) is 5.43 Å². The van der Waals surface area contributed by atoms with Crippen molar-refractivity contribution in [2.45, 2.75) is 6.92 Å². The Kier molecular flexibility index (Phi) is 6.90. The zero-order valence-corrected chi connectivity index (χ0v) is 14.6. The van der Waals surface area contributed by atoms with Gasteiger partial charge in [0.1, 0.15) is 5.75 Å². The fourth-order valence-electron chi connectivity index (χ4n) is 1.85. The van der Waals surface area contributed by atoms with Crippen molar-refractivity contribution in [1.29, 1.82) is 0 Å². The highest BCUT2D eigenvalue weighted by atomic mass is 35.5. The number of hydrazone groups is 1. The molecule has 0 aliphatic heterocycles. The summed E-state index contributed by atoms with van der Waals surface area (Å²) in [6.07, 6.45) is 1.45. The van der Waals surface area contributed by atoms with Gasteiger partial charge in [-0.3, -0.25) is 4.79 Å². The maximum absolute atomic E-state index is 11.8. The normalized spacial score (nSPS) is 10.6. The Morgan fingerprint density at radius 2 is 1.96 bits per heavy atom. The number of hydrogen-bond donors (Lipinski definition) is 2. The molecule has 0 saturated carbocycles. The van der Waals surface area contributed by atoms with Crippen LogP contribution >= 0.6 is 23.2 Å². The first-order chi connectivity index (χ1) is 11.6. The van der Waals surface area contributed by atoms with E-state index in [4.69, 9.17) is 27.9 Å². The van der Waals surface area contributed by atoms with Gasteiger partial charge < -0.3 is 10.1 Å². The van der Waals surface area contributed by atoms with E-state index in [1.165, 1.54) is 6.21 Å². The lowest BCUT2D eigenvalue weighted by atomic mass is 10.2. The molecule has 0 unspecified atom stereocenters. The van der Waals surface area contributed by atoms with Gasteiger partial charge in [-0.2, -0.15) is 5.10 Å². The van der Waals surface area contributed by atoms with E-state index in [0.717, 1.165) is 11.4 Å². The van der Waals surface area contributed by atoms with E-state index in [1.807, 2.05) is 31.2 Å². The van der Waals surface area contributed by atoms with Crippen molar-refractivity contribution in [3.63, 3.8) is 0 Å². The predicted molar refractivity (Wildman–Crippen MR) is 98.3 cm³/mol. The number of amides is 1. The van der Waals surface area contributed by atoms with Crippen LogP contribution in [0.25, 0.3) is 0 Å². The van der Waals surface area contributed by atoms with Gasteiger partial charge in [0, 0.05) is 11.3 Å². The summed E-state index contributed by atoms with van der Waals surface area (Å²) in [5.41, 5.74) is 3.87. The molecular formula is C17H17Cl2N3O2. The average molecular weight is 366 g/mol.